The van der Waals surface area contributed by atoms with Crippen LogP contribution in [-0.4, -0.2) is 27.0 Å². The summed E-state index contributed by atoms with van der Waals surface area (Å²) in [5.41, 5.74) is 7.42. The Bertz CT molecular complexity index is 950. The molecule has 0 aliphatic rings. The summed E-state index contributed by atoms with van der Waals surface area (Å²) in [6, 6.07) is 11.6. The van der Waals surface area contributed by atoms with Gasteiger partial charge in [0.15, 0.2) is 5.82 Å². The van der Waals surface area contributed by atoms with E-state index in [1.165, 1.54) is 16.8 Å². The van der Waals surface area contributed by atoms with Gasteiger partial charge in [-0.25, -0.2) is 9.67 Å². The van der Waals surface area contributed by atoms with Crippen molar-refractivity contribution in [3.05, 3.63) is 54.4 Å². The first-order valence-electron chi connectivity index (χ1n) is 8.16. The topological polar surface area (TPSA) is 66.0 Å². The third-order valence-electron chi connectivity index (χ3n) is 3.82. The first kappa shape index (κ1) is 19.6. The van der Waals surface area contributed by atoms with Crippen molar-refractivity contribution in [2.24, 2.45) is 0 Å². The molecule has 0 fully saturated rings. The number of rotatable bonds is 5. The Morgan fingerprint density at radius 1 is 0.964 bits per heavy atom. The van der Waals surface area contributed by atoms with Gasteiger partial charge in [-0.15, -0.1) is 5.10 Å². The number of aromatic nitrogens is 3. The minimum Gasteiger partial charge on any atom is -0.426 e. The number of halogens is 5. The number of hydrogen-bond acceptors (Lipinski definition) is 4. The van der Waals surface area contributed by atoms with Gasteiger partial charge in [0.25, 0.3) is 0 Å². The third-order valence-corrected chi connectivity index (χ3v) is 3.82. The molecule has 0 saturated carbocycles. The normalized spacial score (nSPS) is 12.2. The second-order valence-corrected chi connectivity index (χ2v) is 5.85. The third kappa shape index (κ3) is 3.90. The van der Waals surface area contributed by atoms with Crippen LogP contribution >= 0.6 is 0 Å². The molecule has 2 N–H and O–H groups in total. The van der Waals surface area contributed by atoms with Crippen LogP contribution in [0.1, 0.15) is 12.7 Å². The van der Waals surface area contributed by atoms with Gasteiger partial charge in [0, 0.05) is 17.7 Å². The van der Waals surface area contributed by atoms with Crippen molar-refractivity contribution in [1.29, 1.82) is 0 Å². The van der Waals surface area contributed by atoms with Crippen molar-refractivity contribution in [2.45, 2.75) is 25.6 Å². The highest BCUT2D eigenvalue weighted by Gasteiger charge is 2.61. The highest BCUT2D eigenvalue weighted by Crippen LogP contribution is 2.37. The fourth-order valence-electron chi connectivity index (χ4n) is 2.40. The largest absolute Gasteiger partial charge is 0.499 e. The molecule has 3 rings (SSSR count). The minimum atomic E-state index is -5.80. The summed E-state index contributed by atoms with van der Waals surface area (Å²) >= 11 is 0. The molecule has 10 heteroatoms. The van der Waals surface area contributed by atoms with Gasteiger partial charge in [0.1, 0.15) is 11.6 Å². The Morgan fingerprint density at radius 2 is 1.57 bits per heavy atom. The number of benzene rings is 2. The quantitative estimate of drug-likeness (QED) is 0.503. The van der Waals surface area contributed by atoms with Crippen LogP contribution in [0.15, 0.2) is 48.5 Å². The predicted molar refractivity (Wildman–Crippen MR) is 92.2 cm³/mol. The van der Waals surface area contributed by atoms with Crippen LogP contribution < -0.4 is 10.5 Å². The van der Waals surface area contributed by atoms with Gasteiger partial charge in [-0.3, -0.25) is 0 Å². The molecule has 3 aromatic rings. The molecule has 0 aliphatic heterocycles. The van der Waals surface area contributed by atoms with Gasteiger partial charge in [0.2, 0.25) is 0 Å². The van der Waals surface area contributed by atoms with Crippen molar-refractivity contribution in [3.8, 4) is 22.8 Å². The van der Waals surface area contributed by atoms with E-state index in [0.717, 1.165) is 17.7 Å². The number of ether oxygens (including phenoxy) is 1. The molecule has 0 aliphatic carbocycles. The summed E-state index contributed by atoms with van der Waals surface area (Å²) in [4.78, 5) is 4.43. The summed E-state index contributed by atoms with van der Waals surface area (Å²) in [6.45, 7) is 1.86. The van der Waals surface area contributed by atoms with Crippen molar-refractivity contribution >= 4 is 5.69 Å². The summed E-state index contributed by atoms with van der Waals surface area (Å²) in [6.07, 6.45) is -10.6. The molecule has 0 bridgehead atoms. The van der Waals surface area contributed by atoms with Crippen molar-refractivity contribution in [2.75, 3.05) is 5.73 Å². The maximum atomic E-state index is 13.0. The molecule has 0 saturated heterocycles. The second kappa shape index (κ2) is 7.10. The molecule has 5 nitrogen and oxygen atoms in total. The van der Waals surface area contributed by atoms with Crippen molar-refractivity contribution < 1.29 is 26.7 Å². The molecule has 0 amide bonds. The number of nitrogens with two attached hydrogens (primary N) is 1. The van der Waals surface area contributed by atoms with Crippen LogP contribution in [0.25, 0.3) is 17.1 Å². The first-order valence-corrected chi connectivity index (χ1v) is 8.16. The second-order valence-electron chi connectivity index (χ2n) is 5.85. The predicted octanol–water partition coefficient (Wildman–Crippen LogP) is 4.61. The van der Waals surface area contributed by atoms with Gasteiger partial charge >= 0.3 is 12.3 Å². The van der Waals surface area contributed by atoms with Crippen LogP contribution in [0, 0.1) is 0 Å². The molecular weight excluding hydrogens is 383 g/mol. The van der Waals surface area contributed by atoms with Gasteiger partial charge < -0.3 is 10.5 Å². The van der Waals surface area contributed by atoms with E-state index in [9.17, 15) is 22.0 Å². The summed E-state index contributed by atoms with van der Waals surface area (Å²) in [5, 5.41) is 4.39. The van der Waals surface area contributed by atoms with Crippen LogP contribution in [0.4, 0.5) is 27.6 Å². The molecule has 148 valence electrons. The number of aryl methyl sites for hydroxylation is 1. The van der Waals surface area contributed by atoms with E-state index in [4.69, 9.17) is 5.73 Å². The highest BCUT2D eigenvalue weighted by molar-refractivity contribution is 5.58. The van der Waals surface area contributed by atoms with E-state index < -0.39 is 18.0 Å². The van der Waals surface area contributed by atoms with Crippen molar-refractivity contribution in [1.82, 2.24) is 14.8 Å². The van der Waals surface area contributed by atoms with Gasteiger partial charge in [-0.05, 0) is 48.5 Å². The molecule has 0 atom stereocenters. The average molecular weight is 398 g/mol. The van der Waals surface area contributed by atoms with E-state index in [2.05, 4.69) is 14.8 Å². The zero-order valence-electron chi connectivity index (χ0n) is 14.5. The molecule has 0 spiro atoms. The fourth-order valence-corrected chi connectivity index (χ4v) is 2.40. The lowest BCUT2D eigenvalue weighted by Crippen LogP contribution is -2.41. The Morgan fingerprint density at radius 3 is 2.11 bits per heavy atom. The van der Waals surface area contributed by atoms with Crippen LogP contribution in [0.2, 0.25) is 0 Å². The lowest BCUT2D eigenvalue weighted by Gasteiger charge is -2.20. The Hall–Kier alpha value is -3.17. The minimum absolute atomic E-state index is 0.431. The van der Waals surface area contributed by atoms with E-state index >= 15 is 0 Å². The average Bonchev–Trinajstić information content (AvgIpc) is 3.06. The lowest BCUT2D eigenvalue weighted by molar-refractivity contribution is -0.360. The monoisotopic (exact) mass is 398 g/mol. The molecular formula is C18H15F5N4O. The lowest BCUT2D eigenvalue weighted by atomic mass is 10.2. The van der Waals surface area contributed by atoms with E-state index in [0.29, 0.717) is 29.4 Å². The number of nitrogens with zero attached hydrogens (tertiary/aromatic N) is 3. The number of nitrogen functional groups attached to an aromatic ring is 1. The van der Waals surface area contributed by atoms with E-state index in [1.807, 2.05) is 6.92 Å². The highest BCUT2D eigenvalue weighted by atomic mass is 19.4. The fraction of sp³-hybridized carbons (Fsp3) is 0.222. The molecule has 28 heavy (non-hydrogen) atoms. The summed E-state index contributed by atoms with van der Waals surface area (Å²) in [7, 11) is 0. The van der Waals surface area contributed by atoms with E-state index in [1.54, 1.807) is 24.3 Å². The number of hydrogen-bond donors (Lipinski definition) is 1. The maximum absolute atomic E-state index is 13.0. The first-order chi connectivity index (χ1) is 13.1. The number of anilines is 1. The van der Waals surface area contributed by atoms with Gasteiger partial charge in [-0.1, -0.05) is 6.92 Å². The summed E-state index contributed by atoms with van der Waals surface area (Å²) < 4.78 is 68.0. The Balaban J connectivity index is 1.88. The van der Waals surface area contributed by atoms with E-state index in [-0.39, 0.29) is 0 Å². The van der Waals surface area contributed by atoms with Crippen LogP contribution in [0.5, 0.6) is 5.75 Å². The maximum Gasteiger partial charge on any atom is 0.499 e. The molecule has 0 unspecified atom stereocenters. The smallest absolute Gasteiger partial charge is 0.426 e. The standard InChI is InChI=1S/C18H15F5N4O/c1-2-15-25-16(11-3-5-12(24)6-4-11)26-27(15)13-7-9-14(10-8-13)28-18(22,23)17(19,20)21/h3-10H,2,24H2,1H3. The zero-order chi connectivity index (χ0) is 20.5. The Kier molecular flexibility index (Phi) is 4.97. The molecule has 1 heterocycles. The van der Waals surface area contributed by atoms with Gasteiger partial charge in [0.05, 0.1) is 5.69 Å². The number of alkyl halides is 5. The molecule has 1 aromatic heterocycles. The molecule has 0 radical (unpaired) electrons. The zero-order valence-corrected chi connectivity index (χ0v) is 14.5. The molecule has 2 aromatic carbocycles. The Labute approximate surface area is 156 Å². The van der Waals surface area contributed by atoms with Crippen LogP contribution in [-0.2, 0) is 6.42 Å². The van der Waals surface area contributed by atoms with Crippen molar-refractivity contribution in [3.63, 3.8) is 0 Å². The summed E-state index contributed by atoms with van der Waals surface area (Å²) in [5.74, 6) is 0.393. The van der Waals surface area contributed by atoms with Crippen LogP contribution in [0.3, 0.4) is 0 Å². The SMILES string of the molecule is CCc1nc(-c2ccc(N)cc2)nn1-c1ccc(OC(F)(F)C(F)(F)F)cc1. The van der Waals surface area contributed by atoms with Gasteiger partial charge in [-0.2, -0.15) is 22.0 Å².